The Kier molecular flexibility index (Phi) is 6.92. The number of alkyl halides is 2. The van der Waals surface area contributed by atoms with Crippen molar-refractivity contribution in [3.05, 3.63) is 47.4 Å². The second-order valence-corrected chi connectivity index (χ2v) is 8.41. The summed E-state index contributed by atoms with van der Waals surface area (Å²) < 4.78 is 46.5. The number of H-pyrrole nitrogens is 1. The van der Waals surface area contributed by atoms with Gasteiger partial charge in [0.15, 0.2) is 5.78 Å². The van der Waals surface area contributed by atoms with Crippen LogP contribution in [0, 0.1) is 11.7 Å². The van der Waals surface area contributed by atoms with Crippen LogP contribution in [0.15, 0.2) is 24.8 Å². The van der Waals surface area contributed by atoms with Crippen LogP contribution >= 0.6 is 0 Å². The Labute approximate surface area is 189 Å². The number of nitrogens with one attached hydrogen (secondary N) is 2. The molecule has 0 amide bonds. The molecule has 1 fully saturated rings. The first-order valence-electron chi connectivity index (χ1n) is 11.0. The Bertz CT molecular complexity index is 1120. The van der Waals surface area contributed by atoms with Crippen molar-refractivity contribution in [2.24, 2.45) is 5.92 Å². The van der Waals surface area contributed by atoms with Crippen molar-refractivity contribution in [3.63, 3.8) is 0 Å². The number of anilines is 1. The molecule has 3 aromatic heterocycles. The number of hydrogen-bond acceptors (Lipinski definition) is 6. The van der Waals surface area contributed by atoms with E-state index in [2.05, 4.69) is 25.3 Å². The number of aromatic amines is 1. The van der Waals surface area contributed by atoms with E-state index < -0.39 is 17.5 Å². The highest BCUT2D eigenvalue weighted by molar-refractivity contribution is 6.17. The van der Waals surface area contributed by atoms with Crippen molar-refractivity contribution < 1.29 is 22.7 Å². The van der Waals surface area contributed by atoms with Gasteiger partial charge in [0.05, 0.1) is 16.6 Å². The van der Waals surface area contributed by atoms with Gasteiger partial charge in [-0.1, -0.05) is 0 Å². The summed E-state index contributed by atoms with van der Waals surface area (Å²) >= 11 is 0. The molecule has 2 N–H and O–H groups in total. The fraction of sp³-hybridized carbons (Fsp3) is 0.478. The van der Waals surface area contributed by atoms with Crippen molar-refractivity contribution in [1.29, 1.82) is 0 Å². The topological polar surface area (TPSA) is 92.8 Å². The third-order valence-corrected chi connectivity index (χ3v) is 6.03. The van der Waals surface area contributed by atoms with E-state index in [4.69, 9.17) is 4.74 Å². The van der Waals surface area contributed by atoms with Gasteiger partial charge in [0.1, 0.15) is 23.6 Å². The lowest BCUT2D eigenvalue weighted by Crippen LogP contribution is -2.26. The van der Waals surface area contributed by atoms with Crippen LogP contribution in [0.3, 0.4) is 0 Å². The number of halogens is 3. The number of hydrogen-bond donors (Lipinski definition) is 2. The Morgan fingerprint density at radius 3 is 2.79 bits per heavy atom. The highest BCUT2D eigenvalue weighted by Gasteiger charge is 2.35. The molecule has 0 bridgehead atoms. The lowest BCUT2D eigenvalue weighted by atomic mass is 9.84. The maximum absolute atomic E-state index is 14.8. The summed E-state index contributed by atoms with van der Waals surface area (Å²) in [6.07, 6.45) is 5.61. The van der Waals surface area contributed by atoms with Gasteiger partial charge in [-0.25, -0.2) is 23.1 Å². The van der Waals surface area contributed by atoms with E-state index in [1.807, 2.05) is 0 Å². The molecule has 176 valence electrons. The second kappa shape index (κ2) is 9.86. The summed E-state index contributed by atoms with van der Waals surface area (Å²) in [5, 5.41) is 3.70. The molecule has 10 heteroatoms. The van der Waals surface area contributed by atoms with Crippen LogP contribution in [-0.4, -0.2) is 51.9 Å². The van der Waals surface area contributed by atoms with Crippen molar-refractivity contribution in [2.75, 3.05) is 25.6 Å². The van der Waals surface area contributed by atoms with Crippen molar-refractivity contribution in [3.8, 4) is 0 Å². The quantitative estimate of drug-likeness (QED) is 0.359. The molecule has 0 atom stereocenters. The van der Waals surface area contributed by atoms with Gasteiger partial charge >= 0.3 is 0 Å². The number of nitrogens with zero attached hydrogens (tertiary/aromatic N) is 3. The molecular weight excluding hydrogens is 435 g/mol. The Morgan fingerprint density at radius 1 is 1.27 bits per heavy atom. The molecule has 33 heavy (non-hydrogen) atoms. The fourth-order valence-corrected chi connectivity index (χ4v) is 4.17. The Hall–Kier alpha value is -3.01. The minimum atomic E-state index is -2.63. The number of carbonyl (C=O) groups excluding carboxylic acids is 1. The molecule has 7 nitrogen and oxygen atoms in total. The van der Waals surface area contributed by atoms with Gasteiger partial charge < -0.3 is 15.0 Å². The van der Waals surface area contributed by atoms with E-state index in [-0.39, 0.29) is 36.4 Å². The lowest BCUT2D eigenvalue weighted by molar-refractivity contribution is -0.0457. The zero-order valence-corrected chi connectivity index (χ0v) is 18.3. The van der Waals surface area contributed by atoms with E-state index in [9.17, 15) is 18.0 Å². The van der Waals surface area contributed by atoms with Crippen LogP contribution in [0.4, 0.5) is 19.0 Å². The highest BCUT2D eigenvalue weighted by atomic mass is 19.3. The molecular formula is C23H26F3N5O2. The summed E-state index contributed by atoms with van der Waals surface area (Å²) in [4.78, 5) is 28.7. The van der Waals surface area contributed by atoms with E-state index in [0.29, 0.717) is 48.4 Å². The van der Waals surface area contributed by atoms with Gasteiger partial charge in [-0.3, -0.25) is 9.78 Å². The Morgan fingerprint density at radius 2 is 2.06 bits per heavy atom. The van der Waals surface area contributed by atoms with Gasteiger partial charge in [-0.15, -0.1) is 0 Å². The normalized spacial score (nSPS) is 16.2. The highest BCUT2D eigenvalue weighted by Crippen LogP contribution is 2.37. The minimum Gasteiger partial charge on any atom is -0.385 e. The third-order valence-electron chi connectivity index (χ3n) is 6.03. The number of pyridine rings is 1. The summed E-state index contributed by atoms with van der Waals surface area (Å²) in [5.74, 6) is -3.18. The molecule has 3 aromatic rings. The largest absolute Gasteiger partial charge is 0.385 e. The molecule has 0 spiro atoms. The van der Waals surface area contributed by atoms with Gasteiger partial charge in [-0.05, 0) is 37.7 Å². The van der Waals surface area contributed by atoms with Crippen LogP contribution in [-0.2, 0) is 11.2 Å². The average Bonchev–Trinajstić information content (AvgIpc) is 3.24. The predicted octanol–water partition coefficient (Wildman–Crippen LogP) is 4.54. The lowest BCUT2D eigenvalue weighted by Gasteiger charge is -2.28. The van der Waals surface area contributed by atoms with E-state index in [0.717, 1.165) is 12.5 Å². The molecule has 0 aliphatic heterocycles. The number of carbonyl (C=O) groups is 1. The number of rotatable bonds is 9. The predicted molar refractivity (Wildman–Crippen MR) is 117 cm³/mol. The first-order valence-corrected chi connectivity index (χ1v) is 11.0. The molecule has 3 heterocycles. The average molecular weight is 461 g/mol. The van der Waals surface area contributed by atoms with Crippen molar-refractivity contribution in [2.45, 2.75) is 44.4 Å². The van der Waals surface area contributed by atoms with Gasteiger partial charge in [0, 0.05) is 51.1 Å². The maximum Gasteiger partial charge on any atom is 0.248 e. The van der Waals surface area contributed by atoms with Crippen LogP contribution < -0.4 is 5.32 Å². The minimum absolute atomic E-state index is 0.0364. The number of ketones is 1. The number of methoxy groups -OCH3 is 1. The van der Waals surface area contributed by atoms with Crippen LogP contribution in [0.2, 0.25) is 0 Å². The SMILES string of the molecule is COCCCNc1ncnc2[nH]cc(C(=O)c3cnc(CC4CCC(F)(F)CC4)c(F)c3)c12. The van der Waals surface area contributed by atoms with Gasteiger partial charge in [-0.2, -0.15) is 0 Å². The van der Waals surface area contributed by atoms with Crippen LogP contribution in [0.1, 0.15) is 53.7 Å². The second-order valence-electron chi connectivity index (χ2n) is 8.41. The van der Waals surface area contributed by atoms with Crippen molar-refractivity contribution in [1.82, 2.24) is 19.9 Å². The molecule has 0 aromatic carbocycles. The molecule has 0 saturated heterocycles. The fourth-order valence-electron chi connectivity index (χ4n) is 4.17. The zero-order valence-electron chi connectivity index (χ0n) is 18.3. The Balaban J connectivity index is 1.52. The molecule has 0 radical (unpaired) electrons. The monoisotopic (exact) mass is 461 g/mol. The molecule has 1 saturated carbocycles. The van der Waals surface area contributed by atoms with Crippen LogP contribution in [0.25, 0.3) is 11.0 Å². The summed E-state index contributed by atoms with van der Waals surface area (Å²) in [6.45, 7) is 1.18. The molecule has 0 unspecified atom stereocenters. The summed E-state index contributed by atoms with van der Waals surface area (Å²) in [6, 6.07) is 1.16. The molecule has 1 aliphatic rings. The number of fused-ring (bicyclic) bond motifs is 1. The zero-order chi connectivity index (χ0) is 23.4. The number of aromatic nitrogens is 4. The van der Waals surface area contributed by atoms with E-state index in [1.165, 1.54) is 18.7 Å². The summed E-state index contributed by atoms with van der Waals surface area (Å²) in [7, 11) is 1.62. The first kappa shape index (κ1) is 23.2. The van der Waals surface area contributed by atoms with Crippen LogP contribution in [0.5, 0.6) is 0 Å². The van der Waals surface area contributed by atoms with Gasteiger partial charge in [0.25, 0.3) is 0 Å². The number of ether oxygens (including phenoxy) is 1. The van der Waals surface area contributed by atoms with E-state index >= 15 is 0 Å². The summed E-state index contributed by atoms with van der Waals surface area (Å²) in [5.41, 5.74) is 1.09. The van der Waals surface area contributed by atoms with E-state index in [1.54, 1.807) is 7.11 Å². The third kappa shape index (κ3) is 5.32. The molecule has 4 rings (SSSR count). The first-order chi connectivity index (χ1) is 15.9. The standard InChI is InChI=1S/C23H26F3N5O2/c1-33-8-2-7-27-21-19-16(12-29-22(19)31-13-30-21)20(32)15-10-17(24)18(28-11-15)9-14-3-5-23(25,26)6-4-14/h10-14H,2-9H2,1H3,(H2,27,29,30,31). The smallest absolute Gasteiger partial charge is 0.248 e. The maximum atomic E-state index is 14.8. The van der Waals surface area contributed by atoms with Crippen molar-refractivity contribution >= 4 is 22.6 Å². The molecule has 1 aliphatic carbocycles. The van der Waals surface area contributed by atoms with Gasteiger partial charge in [0.2, 0.25) is 5.92 Å².